The van der Waals surface area contributed by atoms with Gasteiger partial charge in [0.1, 0.15) is 5.69 Å². The van der Waals surface area contributed by atoms with E-state index in [4.69, 9.17) is 5.84 Å². The van der Waals surface area contributed by atoms with E-state index in [1.54, 1.807) is 12.1 Å². The van der Waals surface area contributed by atoms with E-state index in [-0.39, 0.29) is 16.8 Å². The van der Waals surface area contributed by atoms with Gasteiger partial charge in [-0.2, -0.15) is 13.2 Å². The van der Waals surface area contributed by atoms with Crippen molar-refractivity contribution in [1.29, 1.82) is 0 Å². The first-order chi connectivity index (χ1) is 8.88. The summed E-state index contributed by atoms with van der Waals surface area (Å²) in [5.41, 5.74) is 3.04. The van der Waals surface area contributed by atoms with E-state index < -0.39 is 11.9 Å². The number of nitrogens with zero attached hydrogens (tertiary/aromatic N) is 1. The van der Waals surface area contributed by atoms with Gasteiger partial charge in [-0.15, -0.1) is 0 Å². The molecule has 0 spiro atoms. The number of halogens is 3. The Morgan fingerprint density at radius 1 is 1.32 bits per heavy atom. The van der Waals surface area contributed by atoms with Gasteiger partial charge in [-0.05, 0) is 31.0 Å². The number of nitrogens with one attached hydrogen (secondary N) is 1. The van der Waals surface area contributed by atoms with Crippen molar-refractivity contribution < 1.29 is 13.2 Å². The highest BCUT2D eigenvalue weighted by molar-refractivity contribution is 5.93. The molecule has 3 N–H and O–H groups in total. The fourth-order valence-corrected chi connectivity index (χ4v) is 2.09. The van der Waals surface area contributed by atoms with Crippen LogP contribution >= 0.6 is 0 Å². The second kappa shape index (κ2) is 4.70. The molecule has 1 aromatic carbocycles. The number of hydrogen-bond acceptors (Lipinski definition) is 3. The first kappa shape index (κ1) is 13.6. The lowest BCUT2D eigenvalue weighted by Gasteiger charge is -2.16. The topological polar surface area (TPSA) is 50.9 Å². The predicted octanol–water partition coefficient (Wildman–Crippen LogP) is 3.41. The third kappa shape index (κ3) is 2.35. The number of anilines is 1. The Labute approximate surface area is 108 Å². The molecule has 0 aliphatic carbocycles. The molecule has 6 heteroatoms. The van der Waals surface area contributed by atoms with Crippen LogP contribution in [0, 0.1) is 6.92 Å². The minimum Gasteiger partial charge on any atom is -0.323 e. The van der Waals surface area contributed by atoms with E-state index in [9.17, 15) is 13.2 Å². The second-order valence-corrected chi connectivity index (χ2v) is 4.31. The summed E-state index contributed by atoms with van der Waals surface area (Å²) in [6.07, 6.45) is -3.70. The van der Waals surface area contributed by atoms with Crippen LogP contribution in [0.25, 0.3) is 10.9 Å². The molecule has 2 aromatic rings. The summed E-state index contributed by atoms with van der Waals surface area (Å²) in [4.78, 5) is 3.71. The lowest BCUT2D eigenvalue weighted by atomic mass is 10.0. The number of nitrogens with two attached hydrogens (primary N) is 1. The highest BCUT2D eigenvalue weighted by Gasteiger charge is 2.36. The molecule has 0 fully saturated rings. The van der Waals surface area contributed by atoms with Crippen LogP contribution in [-0.4, -0.2) is 4.98 Å². The van der Waals surface area contributed by atoms with Crippen molar-refractivity contribution in [2.45, 2.75) is 26.4 Å². The number of aromatic nitrogens is 1. The minimum absolute atomic E-state index is 0.00996. The fraction of sp³-hybridized carbons (Fsp3) is 0.308. The maximum atomic E-state index is 12.9. The number of pyridine rings is 1. The zero-order chi connectivity index (χ0) is 14.2. The van der Waals surface area contributed by atoms with Crippen LogP contribution in [0.4, 0.5) is 18.9 Å². The molecule has 0 bridgehead atoms. The Bertz CT molecular complexity index is 621. The Kier molecular flexibility index (Phi) is 3.36. The quantitative estimate of drug-likeness (QED) is 0.649. The Balaban J connectivity index is 2.82. The van der Waals surface area contributed by atoms with Crippen molar-refractivity contribution in [3.8, 4) is 0 Å². The lowest BCUT2D eigenvalue weighted by molar-refractivity contribution is -0.141. The van der Waals surface area contributed by atoms with Gasteiger partial charge in [0.05, 0.1) is 11.2 Å². The highest BCUT2D eigenvalue weighted by Crippen LogP contribution is 2.36. The molecule has 0 unspecified atom stereocenters. The van der Waals surface area contributed by atoms with Crippen molar-refractivity contribution in [3.05, 3.63) is 35.0 Å². The van der Waals surface area contributed by atoms with Crippen LogP contribution in [0.3, 0.4) is 0 Å². The largest absolute Gasteiger partial charge is 0.433 e. The first-order valence-corrected chi connectivity index (χ1v) is 5.85. The smallest absolute Gasteiger partial charge is 0.323 e. The molecule has 1 aromatic heterocycles. The molecule has 1 heterocycles. The molecule has 102 valence electrons. The Hall–Kier alpha value is -1.82. The van der Waals surface area contributed by atoms with Gasteiger partial charge in [0.15, 0.2) is 0 Å². The summed E-state index contributed by atoms with van der Waals surface area (Å²) in [5.74, 6) is 5.38. The van der Waals surface area contributed by atoms with Crippen molar-refractivity contribution in [3.63, 3.8) is 0 Å². The van der Waals surface area contributed by atoms with E-state index in [1.807, 2.05) is 13.0 Å². The standard InChI is InChI=1S/C13H14F3N3/c1-3-8-4-5-10-9(6-8)11(19-17)7(2)12(18-10)13(14,15)16/h4-6H,3,17H2,1-2H3,(H,18,19). The summed E-state index contributed by atoms with van der Waals surface area (Å²) < 4.78 is 38.7. The number of nitrogen functional groups attached to an aromatic ring is 1. The number of alkyl halides is 3. The van der Waals surface area contributed by atoms with Crippen LogP contribution in [0.1, 0.15) is 23.7 Å². The molecule has 0 atom stereocenters. The van der Waals surface area contributed by atoms with Gasteiger partial charge in [-0.25, -0.2) is 4.98 Å². The van der Waals surface area contributed by atoms with Gasteiger partial charge in [0.25, 0.3) is 0 Å². The van der Waals surface area contributed by atoms with Crippen LogP contribution in [0.5, 0.6) is 0 Å². The molecule has 2 rings (SSSR count). The Morgan fingerprint density at radius 2 is 2.00 bits per heavy atom. The SMILES string of the molecule is CCc1ccc2nc(C(F)(F)F)c(C)c(NN)c2c1. The van der Waals surface area contributed by atoms with Gasteiger partial charge in [-0.1, -0.05) is 13.0 Å². The van der Waals surface area contributed by atoms with E-state index in [2.05, 4.69) is 10.4 Å². The third-order valence-corrected chi connectivity index (χ3v) is 3.11. The van der Waals surface area contributed by atoms with Gasteiger partial charge in [0, 0.05) is 10.9 Å². The molecular weight excluding hydrogens is 255 g/mol. The van der Waals surface area contributed by atoms with Gasteiger partial charge in [-0.3, -0.25) is 5.84 Å². The number of aryl methyl sites for hydroxylation is 1. The first-order valence-electron chi connectivity index (χ1n) is 5.85. The molecule has 0 aliphatic heterocycles. The van der Waals surface area contributed by atoms with Crippen LogP contribution in [-0.2, 0) is 12.6 Å². The van der Waals surface area contributed by atoms with Crippen molar-refractivity contribution in [1.82, 2.24) is 4.98 Å². The van der Waals surface area contributed by atoms with Crippen LogP contribution in [0.15, 0.2) is 18.2 Å². The normalized spacial score (nSPS) is 11.9. The average molecular weight is 269 g/mol. The molecule has 0 radical (unpaired) electrons. The van der Waals surface area contributed by atoms with Crippen molar-refractivity contribution >= 4 is 16.6 Å². The van der Waals surface area contributed by atoms with Crippen molar-refractivity contribution in [2.24, 2.45) is 5.84 Å². The predicted molar refractivity (Wildman–Crippen MR) is 68.7 cm³/mol. The summed E-state index contributed by atoms with van der Waals surface area (Å²) in [6, 6.07) is 5.17. The highest BCUT2D eigenvalue weighted by atomic mass is 19.4. The number of fused-ring (bicyclic) bond motifs is 1. The van der Waals surface area contributed by atoms with E-state index in [1.165, 1.54) is 6.92 Å². The van der Waals surface area contributed by atoms with Gasteiger partial charge >= 0.3 is 6.18 Å². The number of benzene rings is 1. The molecule has 0 aliphatic rings. The molecule has 3 nitrogen and oxygen atoms in total. The molecule has 19 heavy (non-hydrogen) atoms. The zero-order valence-corrected chi connectivity index (χ0v) is 10.6. The van der Waals surface area contributed by atoms with Gasteiger partial charge < -0.3 is 5.43 Å². The van der Waals surface area contributed by atoms with Gasteiger partial charge in [0.2, 0.25) is 0 Å². The third-order valence-electron chi connectivity index (χ3n) is 3.11. The summed E-state index contributed by atoms with van der Waals surface area (Å²) >= 11 is 0. The summed E-state index contributed by atoms with van der Waals surface area (Å²) in [5, 5.41) is 0.604. The lowest BCUT2D eigenvalue weighted by Crippen LogP contribution is -2.16. The molecule has 0 amide bonds. The minimum atomic E-state index is -4.49. The number of hydrazine groups is 1. The monoisotopic (exact) mass is 269 g/mol. The van der Waals surface area contributed by atoms with E-state index in [0.717, 1.165) is 12.0 Å². The maximum Gasteiger partial charge on any atom is 0.433 e. The number of hydrogen-bond donors (Lipinski definition) is 2. The average Bonchev–Trinajstić information content (AvgIpc) is 2.36. The summed E-state index contributed by atoms with van der Waals surface area (Å²) in [6.45, 7) is 3.34. The van der Waals surface area contributed by atoms with E-state index >= 15 is 0 Å². The van der Waals surface area contributed by atoms with E-state index in [0.29, 0.717) is 5.39 Å². The Morgan fingerprint density at radius 3 is 2.53 bits per heavy atom. The molecular formula is C13H14F3N3. The molecule has 0 saturated heterocycles. The molecule has 0 saturated carbocycles. The van der Waals surface area contributed by atoms with Crippen molar-refractivity contribution in [2.75, 3.05) is 5.43 Å². The second-order valence-electron chi connectivity index (χ2n) is 4.31. The fourth-order valence-electron chi connectivity index (χ4n) is 2.09. The maximum absolute atomic E-state index is 12.9. The van der Waals surface area contributed by atoms with Crippen LogP contribution < -0.4 is 11.3 Å². The van der Waals surface area contributed by atoms with Crippen LogP contribution in [0.2, 0.25) is 0 Å². The summed E-state index contributed by atoms with van der Waals surface area (Å²) in [7, 11) is 0. The number of rotatable bonds is 2. The zero-order valence-electron chi connectivity index (χ0n) is 10.6.